The minimum Gasteiger partial charge on any atom is -0.454 e. The van der Waals surface area contributed by atoms with Gasteiger partial charge in [0.2, 0.25) is 0 Å². The largest absolute Gasteiger partial charge is 0.454 e. The van der Waals surface area contributed by atoms with Gasteiger partial charge in [-0.3, -0.25) is 19.3 Å². The number of nitrogens with zero attached hydrogens (tertiary/aromatic N) is 1. The predicted octanol–water partition coefficient (Wildman–Crippen LogP) is 1.16. The van der Waals surface area contributed by atoms with Gasteiger partial charge < -0.3 is 15.4 Å². The van der Waals surface area contributed by atoms with Crippen LogP contribution in [0.15, 0.2) is 30.3 Å². The highest BCUT2D eigenvalue weighted by Gasteiger charge is 2.49. The van der Waals surface area contributed by atoms with Crippen molar-refractivity contribution in [1.29, 1.82) is 0 Å². The molecule has 1 atom stereocenters. The van der Waals surface area contributed by atoms with Gasteiger partial charge in [0.1, 0.15) is 12.1 Å². The summed E-state index contributed by atoms with van der Waals surface area (Å²) in [6, 6.07) is 8.09. The summed E-state index contributed by atoms with van der Waals surface area (Å²) in [7, 11) is 0. The van der Waals surface area contributed by atoms with Gasteiger partial charge in [0.15, 0.2) is 6.61 Å². The van der Waals surface area contributed by atoms with E-state index in [0.29, 0.717) is 18.0 Å². The summed E-state index contributed by atoms with van der Waals surface area (Å²) in [6.07, 6.45) is 0.820. The maximum atomic E-state index is 12.7. The molecule has 1 fully saturated rings. The Balaban J connectivity index is 1.88. The first kappa shape index (κ1) is 20.4. The number of benzene rings is 1. The van der Waals surface area contributed by atoms with Gasteiger partial charge in [-0.25, -0.2) is 4.79 Å². The Morgan fingerprint density at radius 3 is 2.52 bits per heavy atom. The van der Waals surface area contributed by atoms with Crippen molar-refractivity contribution >= 4 is 23.8 Å². The summed E-state index contributed by atoms with van der Waals surface area (Å²) >= 11 is 0. The van der Waals surface area contributed by atoms with Gasteiger partial charge in [-0.05, 0) is 24.8 Å². The van der Waals surface area contributed by atoms with Gasteiger partial charge in [0, 0.05) is 6.54 Å². The molecule has 8 nitrogen and oxygen atoms in total. The lowest BCUT2D eigenvalue weighted by atomic mass is 9.92. The third-order valence-electron chi connectivity index (χ3n) is 4.32. The first-order valence-corrected chi connectivity index (χ1v) is 8.86. The summed E-state index contributed by atoms with van der Waals surface area (Å²) in [5.74, 6) is -1.34. The lowest BCUT2D eigenvalue weighted by Crippen LogP contribution is -2.42. The minimum atomic E-state index is -1.24. The predicted molar refractivity (Wildman–Crippen MR) is 97.5 cm³/mol. The van der Waals surface area contributed by atoms with Crippen LogP contribution in [0.4, 0.5) is 4.79 Å². The Morgan fingerprint density at radius 2 is 1.89 bits per heavy atom. The van der Waals surface area contributed by atoms with Crippen LogP contribution in [0.2, 0.25) is 0 Å². The van der Waals surface area contributed by atoms with E-state index in [4.69, 9.17) is 4.74 Å². The number of esters is 1. The maximum Gasteiger partial charge on any atom is 0.326 e. The monoisotopic (exact) mass is 375 g/mol. The quantitative estimate of drug-likeness (QED) is 0.524. The molecular weight excluding hydrogens is 350 g/mol. The van der Waals surface area contributed by atoms with Gasteiger partial charge in [-0.2, -0.15) is 0 Å². The van der Waals surface area contributed by atoms with Crippen LogP contribution in [0.1, 0.15) is 32.8 Å². The maximum absolute atomic E-state index is 12.7. The van der Waals surface area contributed by atoms with E-state index in [0.717, 1.165) is 11.3 Å². The molecule has 146 valence electrons. The Kier molecular flexibility index (Phi) is 6.55. The molecule has 0 saturated carbocycles. The highest BCUT2D eigenvalue weighted by molar-refractivity contribution is 6.08. The Morgan fingerprint density at radius 1 is 1.22 bits per heavy atom. The average molecular weight is 375 g/mol. The summed E-state index contributed by atoms with van der Waals surface area (Å²) in [5.41, 5.74) is -0.629. The third kappa shape index (κ3) is 5.06. The van der Waals surface area contributed by atoms with Gasteiger partial charge in [0.05, 0.1) is 0 Å². The van der Waals surface area contributed by atoms with Gasteiger partial charge in [-0.15, -0.1) is 0 Å². The van der Waals surface area contributed by atoms with Gasteiger partial charge >= 0.3 is 12.0 Å². The molecule has 1 heterocycles. The van der Waals surface area contributed by atoms with Gasteiger partial charge in [0.25, 0.3) is 11.8 Å². The van der Waals surface area contributed by atoms with Crippen molar-refractivity contribution in [2.24, 2.45) is 5.92 Å². The SMILES string of the molecule is CC(C)CCNC(=O)COC(=O)CN1C(=O)N[C@](C)(c2ccccc2)C1=O. The number of ether oxygens (including phenoxy) is 1. The number of urea groups is 1. The van der Waals surface area contributed by atoms with Gasteiger partial charge in [-0.1, -0.05) is 44.2 Å². The number of imide groups is 1. The van der Waals surface area contributed by atoms with Crippen molar-refractivity contribution < 1.29 is 23.9 Å². The fourth-order valence-corrected chi connectivity index (χ4v) is 2.68. The van der Waals surface area contributed by atoms with Crippen molar-refractivity contribution in [2.45, 2.75) is 32.7 Å². The standard InChI is InChI=1S/C19H25N3O5/c1-13(2)9-10-20-15(23)12-27-16(24)11-22-17(25)19(3,21-18(22)26)14-7-5-4-6-8-14/h4-8,13H,9-12H2,1-3H3,(H,20,23)(H,21,26)/t19-/m1/s1. The van der Waals surface area contributed by atoms with Crippen molar-refractivity contribution in [1.82, 2.24) is 15.5 Å². The van der Waals surface area contributed by atoms with Crippen molar-refractivity contribution in [2.75, 3.05) is 19.7 Å². The summed E-state index contributed by atoms with van der Waals surface area (Å²) in [6.45, 7) is 5.15. The lowest BCUT2D eigenvalue weighted by molar-refractivity contribution is -0.151. The number of carbonyl (C=O) groups excluding carboxylic acids is 4. The Labute approximate surface area is 158 Å². The van der Waals surface area contributed by atoms with E-state index in [1.54, 1.807) is 37.3 Å². The van der Waals surface area contributed by atoms with Crippen molar-refractivity contribution in [3.05, 3.63) is 35.9 Å². The van der Waals surface area contributed by atoms with E-state index < -0.39 is 42.5 Å². The average Bonchev–Trinajstić information content (AvgIpc) is 2.84. The molecule has 0 aliphatic carbocycles. The van der Waals surface area contributed by atoms with E-state index in [1.165, 1.54) is 0 Å². The van der Waals surface area contributed by atoms with Crippen molar-refractivity contribution in [3.8, 4) is 0 Å². The first-order valence-electron chi connectivity index (χ1n) is 8.86. The topological polar surface area (TPSA) is 105 Å². The smallest absolute Gasteiger partial charge is 0.326 e. The second-order valence-electron chi connectivity index (χ2n) is 7.01. The fraction of sp³-hybridized carbons (Fsp3) is 0.474. The molecule has 0 radical (unpaired) electrons. The Bertz CT molecular complexity index is 719. The number of nitrogens with one attached hydrogen (secondary N) is 2. The number of amides is 4. The highest BCUT2D eigenvalue weighted by atomic mass is 16.5. The van der Waals surface area contributed by atoms with E-state index in [2.05, 4.69) is 10.6 Å². The number of carbonyl (C=O) groups is 4. The van der Waals surface area contributed by atoms with Crippen LogP contribution in [0.3, 0.4) is 0 Å². The fourth-order valence-electron chi connectivity index (χ4n) is 2.68. The van der Waals surface area contributed by atoms with Crippen LogP contribution in [0, 0.1) is 5.92 Å². The minimum absolute atomic E-state index is 0.421. The zero-order valence-electron chi connectivity index (χ0n) is 15.8. The van der Waals surface area contributed by atoms with Crippen LogP contribution >= 0.6 is 0 Å². The van der Waals surface area contributed by atoms with Crippen molar-refractivity contribution in [3.63, 3.8) is 0 Å². The van der Waals surface area contributed by atoms with Crippen LogP contribution in [-0.4, -0.2) is 48.4 Å². The second kappa shape index (κ2) is 8.66. The molecule has 2 rings (SSSR count). The molecule has 0 aromatic heterocycles. The molecule has 1 aliphatic heterocycles. The van der Waals surface area contributed by atoms with E-state index in [1.807, 2.05) is 13.8 Å². The molecule has 27 heavy (non-hydrogen) atoms. The molecule has 1 aliphatic rings. The molecule has 1 aromatic carbocycles. The van der Waals surface area contributed by atoms with E-state index >= 15 is 0 Å². The number of rotatable bonds is 8. The Hall–Kier alpha value is -2.90. The molecule has 0 spiro atoms. The zero-order valence-corrected chi connectivity index (χ0v) is 15.8. The number of hydrogen-bond donors (Lipinski definition) is 2. The third-order valence-corrected chi connectivity index (χ3v) is 4.32. The molecular formula is C19H25N3O5. The molecule has 0 unspecified atom stereocenters. The van der Waals surface area contributed by atoms with Crippen LogP contribution < -0.4 is 10.6 Å². The molecule has 8 heteroatoms. The molecule has 4 amide bonds. The normalized spacial score (nSPS) is 19.2. The first-order chi connectivity index (χ1) is 12.7. The lowest BCUT2D eigenvalue weighted by Gasteiger charge is -2.21. The molecule has 0 bridgehead atoms. The number of hydrogen-bond acceptors (Lipinski definition) is 5. The molecule has 2 N–H and O–H groups in total. The summed E-state index contributed by atoms with van der Waals surface area (Å²) in [4.78, 5) is 49.2. The van der Waals surface area contributed by atoms with Crippen LogP contribution in [-0.2, 0) is 24.7 Å². The zero-order chi connectivity index (χ0) is 20.0. The highest BCUT2D eigenvalue weighted by Crippen LogP contribution is 2.28. The van der Waals surface area contributed by atoms with E-state index in [-0.39, 0.29) is 0 Å². The van der Waals surface area contributed by atoms with E-state index in [9.17, 15) is 19.2 Å². The summed E-state index contributed by atoms with van der Waals surface area (Å²) in [5, 5.41) is 5.24. The van der Waals surface area contributed by atoms with Crippen LogP contribution in [0.25, 0.3) is 0 Å². The summed E-state index contributed by atoms with van der Waals surface area (Å²) < 4.78 is 4.87. The second-order valence-corrected chi connectivity index (χ2v) is 7.01. The van der Waals surface area contributed by atoms with Crippen LogP contribution in [0.5, 0.6) is 0 Å². The molecule has 1 aromatic rings. The molecule has 1 saturated heterocycles.